The SMILES string of the molecule is CCOC(=O)/C=C/[C@@]12CN(S(=O)(=O)c3ccc(C)cc3)C[C@]1(C)C2. The first kappa shape index (κ1) is 17.2. The number of carbonyl (C=O) groups excluding carboxylic acids is 1. The van der Waals surface area contributed by atoms with Crippen LogP contribution in [0.2, 0.25) is 0 Å². The topological polar surface area (TPSA) is 63.7 Å². The fourth-order valence-electron chi connectivity index (χ4n) is 3.63. The van der Waals surface area contributed by atoms with Crippen molar-refractivity contribution in [2.24, 2.45) is 10.8 Å². The lowest BCUT2D eigenvalue weighted by molar-refractivity contribution is -0.137. The van der Waals surface area contributed by atoms with E-state index in [2.05, 4.69) is 6.92 Å². The summed E-state index contributed by atoms with van der Waals surface area (Å²) in [6.45, 7) is 6.99. The van der Waals surface area contributed by atoms with Gasteiger partial charge in [0, 0.05) is 24.6 Å². The second-order valence-electron chi connectivity index (χ2n) is 7.07. The molecule has 1 heterocycles. The van der Waals surface area contributed by atoms with E-state index in [0.717, 1.165) is 12.0 Å². The highest BCUT2D eigenvalue weighted by molar-refractivity contribution is 7.89. The third-order valence-electron chi connectivity index (χ3n) is 5.25. The normalized spacial score (nSPS) is 29.6. The minimum Gasteiger partial charge on any atom is -0.463 e. The third-order valence-corrected chi connectivity index (χ3v) is 7.06. The van der Waals surface area contributed by atoms with Crippen LogP contribution in [-0.2, 0) is 19.6 Å². The lowest BCUT2D eigenvalue weighted by atomic mass is 9.98. The van der Waals surface area contributed by atoms with E-state index in [-0.39, 0.29) is 16.8 Å². The molecule has 1 aromatic carbocycles. The van der Waals surface area contributed by atoms with Crippen molar-refractivity contribution < 1.29 is 17.9 Å². The second-order valence-corrected chi connectivity index (χ2v) is 9.00. The van der Waals surface area contributed by atoms with Gasteiger partial charge < -0.3 is 4.74 Å². The molecule has 0 unspecified atom stereocenters. The monoisotopic (exact) mass is 349 g/mol. The average Bonchev–Trinajstić information content (AvgIpc) is 2.98. The van der Waals surface area contributed by atoms with E-state index in [1.807, 2.05) is 25.1 Å². The first-order valence-electron chi connectivity index (χ1n) is 8.15. The molecule has 1 saturated heterocycles. The van der Waals surface area contributed by atoms with Crippen LogP contribution >= 0.6 is 0 Å². The van der Waals surface area contributed by atoms with Crippen LogP contribution in [0.15, 0.2) is 41.3 Å². The number of sulfonamides is 1. The van der Waals surface area contributed by atoms with Crippen LogP contribution in [-0.4, -0.2) is 38.4 Å². The number of nitrogens with zero attached hydrogens (tertiary/aromatic N) is 1. The molecule has 3 rings (SSSR count). The molecule has 24 heavy (non-hydrogen) atoms. The quantitative estimate of drug-likeness (QED) is 0.605. The lowest BCUT2D eigenvalue weighted by Gasteiger charge is -2.20. The fraction of sp³-hybridized carbons (Fsp3) is 0.500. The number of ether oxygens (including phenoxy) is 1. The Kier molecular flexibility index (Phi) is 4.08. The van der Waals surface area contributed by atoms with Crippen molar-refractivity contribution in [3.05, 3.63) is 42.0 Å². The van der Waals surface area contributed by atoms with Crippen molar-refractivity contribution >= 4 is 16.0 Å². The molecule has 0 bridgehead atoms. The van der Waals surface area contributed by atoms with Crippen LogP contribution < -0.4 is 0 Å². The molecule has 5 nitrogen and oxygen atoms in total. The van der Waals surface area contributed by atoms with Gasteiger partial charge in [0.1, 0.15) is 0 Å². The molecule has 1 saturated carbocycles. The number of benzene rings is 1. The van der Waals surface area contributed by atoms with Gasteiger partial charge in [0.15, 0.2) is 0 Å². The molecule has 2 atom stereocenters. The molecule has 1 aliphatic carbocycles. The molecular formula is C18H23NO4S. The molecule has 0 spiro atoms. The van der Waals surface area contributed by atoms with E-state index in [0.29, 0.717) is 24.6 Å². The number of aryl methyl sites for hydroxylation is 1. The first-order chi connectivity index (χ1) is 11.2. The van der Waals surface area contributed by atoms with Gasteiger partial charge in [-0.1, -0.05) is 30.7 Å². The summed E-state index contributed by atoms with van der Waals surface area (Å²) in [5.74, 6) is -0.374. The maximum Gasteiger partial charge on any atom is 0.330 e. The number of fused-ring (bicyclic) bond motifs is 1. The Morgan fingerprint density at radius 3 is 2.58 bits per heavy atom. The van der Waals surface area contributed by atoms with Crippen molar-refractivity contribution in [3.8, 4) is 0 Å². The summed E-state index contributed by atoms with van der Waals surface area (Å²) in [7, 11) is -3.50. The molecule has 1 aromatic rings. The minimum atomic E-state index is -3.50. The van der Waals surface area contributed by atoms with Crippen molar-refractivity contribution in [1.82, 2.24) is 4.31 Å². The summed E-state index contributed by atoms with van der Waals surface area (Å²) in [5, 5.41) is 0. The molecule has 0 aromatic heterocycles. The molecule has 130 valence electrons. The van der Waals surface area contributed by atoms with Gasteiger partial charge in [-0.2, -0.15) is 4.31 Å². The van der Waals surface area contributed by atoms with Gasteiger partial charge in [-0.15, -0.1) is 0 Å². The van der Waals surface area contributed by atoms with Gasteiger partial charge in [0.25, 0.3) is 0 Å². The lowest BCUT2D eigenvalue weighted by Crippen LogP contribution is -2.32. The number of esters is 1. The Balaban J connectivity index is 1.79. The molecule has 0 radical (unpaired) electrons. The van der Waals surface area contributed by atoms with E-state index in [1.54, 1.807) is 19.1 Å². The number of rotatable bonds is 5. The standard InChI is InChI=1S/C18H23NO4S/c1-4-23-16(20)9-10-18-11-17(18,3)12-19(13-18)24(21,22)15-7-5-14(2)6-8-15/h5-10H,4,11-13H2,1-3H3/b10-9+/t17-,18+/m0/s1. The zero-order valence-electron chi connectivity index (χ0n) is 14.3. The molecule has 6 heteroatoms. The highest BCUT2D eigenvalue weighted by atomic mass is 32.2. The molecule has 2 aliphatic rings. The fourth-order valence-corrected chi connectivity index (χ4v) is 5.27. The summed E-state index contributed by atoms with van der Waals surface area (Å²) in [6.07, 6.45) is 4.18. The number of hydrogen-bond acceptors (Lipinski definition) is 4. The van der Waals surface area contributed by atoms with Crippen molar-refractivity contribution in [2.75, 3.05) is 19.7 Å². The first-order valence-corrected chi connectivity index (χ1v) is 9.59. The number of hydrogen-bond donors (Lipinski definition) is 0. The van der Waals surface area contributed by atoms with Crippen LogP contribution in [0.3, 0.4) is 0 Å². The minimum absolute atomic E-state index is 0.103. The predicted molar refractivity (Wildman–Crippen MR) is 90.9 cm³/mol. The van der Waals surface area contributed by atoms with Gasteiger partial charge in [0.05, 0.1) is 11.5 Å². The van der Waals surface area contributed by atoms with Gasteiger partial charge in [0.2, 0.25) is 10.0 Å². The maximum atomic E-state index is 12.8. The molecular weight excluding hydrogens is 326 g/mol. The summed E-state index contributed by atoms with van der Waals surface area (Å²) >= 11 is 0. The van der Waals surface area contributed by atoms with Crippen LogP contribution in [0.4, 0.5) is 0 Å². The predicted octanol–water partition coefficient (Wildman–Crippen LogP) is 2.52. The molecule has 1 aliphatic heterocycles. The maximum absolute atomic E-state index is 12.8. The smallest absolute Gasteiger partial charge is 0.330 e. The Morgan fingerprint density at radius 1 is 1.29 bits per heavy atom. The third kappa shape index (κ3) is 2.78. The summed E-state index contributed by atoms with van der Waals surface area (Å²) in [4.78, 5) is 11.9. The number of piperidine rings is 1. The Labute approximate surface area is 143 Å². The summed E-state index contributed by atoms with van der Waals surface area (Å²) in [6, 6.07) is 6.92. The van der Waals surface area contributed by atoms with E-state index in [9.17, 15) is 13.2 Å². The Bertz CT molecular complexity index is 784. The average molecular weight is 349 g/mol. The van der Waals surface area contributed by atoms with Crippen molar-refractivity contribution in [3.63, 3.8) is 0 Å². The van der Waals surface area contributed by atoms with Crippen LogP contribution in [0.5, 0.6) is 0 Å². The van der Waals surface area contributed by atoms with E-state index in [1.165, 1.54) is 10.4 Å². The van der Waals surface area contributed by atoms with Gasteiger partial charge >= 0.3 is 5.97 Å². The van der Waals surface area contributed by atoms with E-state index < -0.39 is 10.0 Å². The Morgan fingerprint density at radius 2 is 1.96 bits per heavy atom. The summed E-state index contributed by atoms with van der Waals surface area (Å²) < 4.78 is 32.1. The van der Waals surface area contributed by atoms with Gasteiger partial charge in [-0.25, -0.2) is 13.2 Å². The summed E-state index contributed by atoms with van der Waals surface area (Å²) in [5.41, 5.74) is 0.671. The van der Waals surface area contributed by atoms with Gasteiger partial charge in [-0.3, -0.25) is 0 Å². The highest BCUT2D eigenvalue weighted by Gasteiger charge is 2.69. The van der Waals surface area contributed by atoms with E-state index >= 15 is 0 Å². The van der Waals surface area contributed by atoms with Gasteiger partial charge in [-0.05, 0) is 37.8 Å². The van der Waals surface area contributed by atoms with Crippen molar-refractivity contribution in [1.29, 1.82) is 0 Å². The second kappa shape index (κ2) is 5.70. The van der Waals surface area contributed by atoms with Crippen LogP contribution in [0.25, 0.3) is 0 Å². The van der Waals surface area contributed by atoms with E-state index in [4.69, 9.17) is 4.74 Å². The van der Waals surface area contributed by atoms with Crippen LogP contribution in [0, 0.1) is 17.8 Å². The largest absolute Gasteiger partial charge is 0.463 e. The molecule has 0 amide bonds. The van der Waals surface area contributed by atoms with Crippen LogP contribution in [0.1, 0.15) is 25.8 Å². The zero-order valence-corrected chi connectivity index (χ0v) is 15.1. The molecule has 0 N–H and O–H groups in total. The molecule has 2 fully saturated rings. The highest BCUT2D eigenvalue weighted by Crippen LogP contribution is 2.69. The van der Waals surface area contributed by atoms with Crippen molar-refractivity contribution in [2.45, 2.75) is 32.1 Å². The zero-order chi connectivity index (χ0) is 17.6. The number of carbonyl (C=O) groups is 1. The Hall–Kier alpha value is -1.66.